The average Bonchev–Trinajstić information content (AvgIpc) is 2.23. The molecule has 1 rings (SSSR count). The predicted octanol–water partition coefficient (Wildman–Crippen LogP) is 3.44. The van der Waals surface area contributed by atoms with Crippen molar-refractivity contribution in [3.05, 3.63) is 34.3 Å². The lowest BCUT2D eigenvalue weighted by molar-refractivity contribution is 1.000. The number of anilines is 2. The van der Waals surface area contributed by atoms with Gasteiger partial charge in [0, 0.05) is 12.2 Å². The highest BCUT2D eigenvalue weighted by atomic mass is 35.5. The Hall–Kier alpha value is -0.970. The van der Waals surface area contributed by atoms with Crippen molar-refractivity contribution in [2.45, 2.75) is 6.92 Å². The summed E-state index contributed by atoms with van der Waals surface area (Å²) in [6.07, 6.45) is 0. The SMILES string of the molecule is C=C(C)CNC(=S)Nc1cc(Cl)c(N)c(Cl)c1. The second-order valence-electron chi connectivity index (χ2n) is 3.62. The fraction of sp³-hybridized carbons (Fsp3) is 0.182. The normalized spacial score (nSPS) is 9.82. The Morgan fingerprint density at radius 2 is 1.94 bits per heavy atom. The molecule has 4 N–H and O–H groups in total. The molecule has 0 aromatic heterocycles. The first kappa shape index (κ1) is 14.1. The average molecular weight is 290 g/mol. The zero-order valence-electron chi connectivity index (χ0n) is 9.31. The van der Waals surface area contributed by atoms with E-state index >= 15 is 0 Å². The van der Waals surface area contributed by atoms with Crippen molar-refractivity contribution in [1.82, 2.24) is 5.32 Å². The maximum absolute atomic E-state index is 5.90. The number of nitrogens with one attached hydrogen (secondary N) is 2. The van der Waals surface area contributed by atoms with Gasteiger partial charge >= 0.3 is 0 Å². The molecular weight excluding hydrogens is 277 g/mol. The van der Waals surface area contributed by atoms with Crippen molar-refractivity contribution in [2.24, 2.45) is 0 Å². The van der Waals surface area contributed by atoms with Crippen LogP contribution in [0.5, 0.6) is 0 Å². The largest absolute Gasteiger partial charge is 0.396 e. The minimum absolute atomic E-state index is 0.361. The highest BCUT2D eigenvalue weighted by Crippen LogP contribution is 2.30. The first-order valence-electron chi connectivity index (χ1n) is 4.84. The Bertz CT molecular complexity index is 437. The Labute approximate surface area is 116 Å². The number of halogens is 2. The van der Waals surface area contributed by atoms with E-state index in [1.54, 1.807) is 12.1 Å². The van der Waals surface area contributed by atoms with Gasteiger partial charge in [-0.05, 0) is 31.3 Å². The first-order chi connectivity index (χ1) is 7.90. The van der Waals surface area contributed by atoms with Crippen LogP contribution in [0.3, 0.4) is 0 Å². The van der Waals surface area contributed by atoms with Crippen LogP contribution in [0.15, 0.2) is 24.3 Å². The molecule has 0 saturated heterocycles. The van der Waals surface area contributed by atoms with E-state index in [4.69, 9.17) is 41.2 Å². The van der Waals surface area contributed by atoms with Gasteiger partial charge in [-0.3, -0.25) is 0 Å². The summed E-state index contributed by atoms with van der Waals surface area (Å²) in [5.74, 6) is 0. The van der Waals surface area contributed by atoms with E-state index in [0.717, 1.165) is 5.57 Å². The molecular formula is C11H13Cl2N3S. The van der Waals surface area contributed by atoms with Crippen molar-refractivity contribution >= 4 is 51.9 Å². The molecule has 0 fully saturated rings. The van der Waals surface area contributed by atoms with Crippen LogP contribution in [0.1, 0.15) is 6.92 Å². The zero-order valence-corrected chi connectivity index (χ0v) is 11.6. The van der Waals surface area contributed by atoms with E-state index < -0.39 is 0 Å². The summed E-state index contributed by atoms with van der Waals surface area (Å²) in [6.45, 7) is 6.29. The summed E-state index contributed by atoms with van der Waals surface area (Å²) in [5, 5.41) is 7.21. The molecule has 0 radical (unpaired) electrons. The van der Waals surface area contributed by atoms with Crippen molar-refractivity contribution < 1.29 is 0 Å². The van der Waals surface area contributed by atoms with E-state index in [1.807, 2.05) is 6.92 Å². The Kier molecular flexibility index (Phi) is 5.05. The number of thiocarbonyl (C=S) groups is 1. The summed E-state index contributed by atoms with van der Waals surface area (Å²) >= 11 is 16.9. The minimum Gasteiger partial charge on any atom is -0.396 e. The van der Waals surface area contributed by atoms with Gasteiger partial charge in [0.2, 0.25) is 0 Å². The summed E-state index contributed by atoms with van der Waals surface area (Å²) in [6, 6.07) is 3.33. The molecule has 0 atom stereocenters. The second kappa shape index (κ2) is 6.10. The molecule has 0 bridgehead atoms. The number of hydrogen-bond donors (Lipinski definition) is 3. The molecule has 17 heavy (non-hydrogen) atoms. The lowest BCUT2D eigenvalue weighted by Crippen LogP contribution is -2.29. The topological polar surface area (TPSA) is 50.1 Å². The standard InChI is InChI=1S/C11H13Cl2N3S/c1-6(2)5-15-11(17)16-7-3-8(12)10(14)9(13)4-7/h3-4H,1,5,14H2,2H3,(H2,15,16,17). The molecule has 92 valence electrons. The molecule has 1 aromatic rings. The summed E-state index contributed by atoms with van der Waals surface area (Å²) in [4.78, 5) is 0. The van der Waals surface area contributed by atoms with Gasteiger partial charge in [0.25, 0.3) is 0 Å². The summed E-state index contributed by atoms with van der Waals surface area (Å²) in [7, 11) is 0. The molecule has 0 heterocycles. The number of nitrogens with two attached hydrogens (primary N) is 1. The third kappa shape index (κ3) is 4.42. The molecule has 0 spiro atoms. The maximum Gasteiger partial charge on any atom is 0.171 e. The fourth-order valence-corrected chi connectivity index (χ4v) is 1.74. The fourth-order valence-electron chi connectivity index (χ4n) is 1.06. The van der Waals surface area contributed by atoms with Crippen LogP contribution >= 0.6 is 35.4 Å². The van der Waals surface area contributed by atoms with Crippen LogP contribution in [0, 0.1) is 0 Å². The molecule has 0 saturated carbocycles. The molecule has 0 aliphatic rings. The third-order valence-corrected chi connectivity index (χ3v) is 2.76. The van der Waals surface area contributed by atoms with E-state index in [1.165, 1.54) is 0 Å². The van der Waals surface area contributed by atoms with Gasteiger partial charge in [0.15, 0.2) is 5.11 Å². The van der Waals surface area contributed by atoms with Gasteiger partial charge < -0.3 is 16.4 Å². The van der Waals surface area contributed by atoms with E-state index in [9.17, 15) is 0 Å². The van der Waals surface area contributed by atoms with Crippen LogP contribution < -0.4 is 16.4 Å². The molecule has 0 aliphatic carbocycles. The highest BCUT2D eigenvalue weighted by molar-refractivity contribution is 7.80. The van der Waals surface area contributed by atoms with Crippen LogP contribution in [-0.4, -0.2) is 11.7 Å². The van der Waals surface area contributed by atoms with Crippen molar-refractivity contribution in [3.63, 3.8) is 0 Å². The van der Waals surface area contributed by atoms with Crippen LogP contribution in [-0.2, 0) is 0 Å². The van der Waals surface area contributed by atoms with Crippen LogP contribution in [0.4, 0.5) is 11.4 Å². The van der Waals surface area contributed by atoms with Crippen molar-refractivity contribution in [1.29, 1.82) is 0 Å². The Balaban J connectivity index is 2.69. The monoisotopic (exact) mass is 289 g/mol. The third-order valence-electron chi connectivity index (χ3n) is 1.89. The first-order valence-corrected chi connectivity index (χ1v) is 6.00. The molecule has 0 amide bonds. The quantitative estimate of drug-likeness (QED) is 0.453. The van der Waals surface area contributed by atoms with Crippen molar-refractivity contribution in [3.8, 4) is 0 Å². The van der Waals surface area contributed by atoms with Crippen molar-refractivity contribution in [2.75, 3.05) is 17.6 Å². The molecule has 6 heteroatoms. The summed E-state index contributed by atoms with van der Waals surface area (Å²) in [5.41, 5.74) is 7.67. The number of rotatable bonds is 3. The molecule has 0 unspecified atom stereocenters. The zero-order chi connectivity index (χ0) is 13.0. The van der Waals surface area contributed by atoms with Gasteiger partial charge in [0.05, 0.1) is 15.7 Å². The second-order valence-corrected chi connectivity index (χ2v) is 4.84. The predicted molar refractivity (Wildman–Crippen MR) is 79.9 cm³/mol. The maximum atomic E-state index is 5.90. The van der Waals surface area contributed by atoms with E-state index in [0.29, 0.717) is 33.1 Å². The van der Waals surface area contributed by atoms with Crippen LogP contribution in [0.25, 0.3) is 0 Å². The van der Waals surface area contributed by atoms with Gasteiger partial charge in [-0.15, -0.1) is 0 Å². The van der Waals surface area contributed by atoms with Crippen LogP contribution in [0.2, 0.25) is 10.0 Å². The molecule has 0 aliphatic heterocycles. The van der Waals surface area contributed by atoms with Gasteiger partial charge in [-0.1, -0.05) is 35.4 Å². The van der Waals surface area contributed by atoms with Gasteiger partial charge in [-0.25, -0.2) is 0 Å². The van der Waals surface area contributed by atoms with Gasteiger partial charge in [0.1, 0.15) is 0 Å². The lowest BCUT2D eigenvalue weighted by Gasteiger charge is -2.12. The molecule has 3 nitrogen and oxygen atoms in total. The number of nitrogen functional groups attached to an aromatic ring is 1. The molecule has 1 aromatic carbocycles. The Morgan fingerprint density at radius 1 is 1.41 bits per heavy atom. The smallest absolute Gasteiger partial charge is 0.171 e. The Morgan fingerprint density at radius 3 is 2.41 bits per heavy atom. The van der Waals surface area contributed by atoms with Gasteiger partial charge in [-0.2, -0.15) is 0 Å². The lowest BCUT2D eigenvalue weighted by atomic mass is 10.3. The number of benzene rings is 1. The minimum atomic E-state index is 0.361. The van der Waals surface area contributed by atoms with E-state index in [2.05, 4.69) is 17.2 Å². The summed E-state index contributed by atoms with van der Waals surface area (Å²) < 4.78 is 0. The highest BCUT2D eigenvalue weighted by Gasteiger charge is 2.05. The number of hydrogen-bond acceptors (Lipinski definition) is 2. The van der Waals surface area contributed by atoms with E-state index in [-0.39, 0.29) is 0 Å².